The lowest BCUT2D eigenvalue weighted by Crippen LogP contribution is -2.52. The summed E-state index contributed by atoms with van der Waals surface area (Å²) in [6.45, 7) is 9.25. The van der Waals surface area contributed by atoms with Gasteiger partial charge < -0.3 is 10.8 Å². The van der Waals surface area contributed by atoms with Crippen LogP contribution in [0.1, 0.15) is 111 Å². The van der Waals surface area contributed by atoms with E-state index in [1.807, 2.05) is 13.8 Å². The summed E-state index contributed by atoms with van der Waals surface area (Å²) in [5.74, 6) is 3.57. The van der Waals surface area contributed by atoms with E-state index in [2.05, 4.69) is 28.8 Å². The average Bonchev–Trinajstić information content (AvgIpc) is 3.49. The lowest BCUT2D eigenvalue weighted by atomic mass is 9.45. The number of carboxylic acid groups (broad SMARTS) is 1. The van der Waals surface area contributed by atoms with Crippen LogP contribution in [0.2, 0.25) is 0 Å². The Balaban J connectivity index is 0.000000215. The van der Waals surface area contributed by atoms with Gasteiger partial charge in [-0.15, -0.1) is 0 Å². The maximum atomic E-state index is 12.7. The van der Waals surface area contributed by atoms with Crippen LogP contribution in [0.25, 0.3) is 11.0 Å². The highest BCUT2D eigenvalue weighted by Crippen LogP contribution is 2.67. The third-order valence-corrected chi connectivity index (χ3v) is 11.1. The third-order valence-electron chi connectivity index (χ3n) is 11.1. The van der Waals surface area contributed by atoms with Crippen LogP contribution in [0.5, 0.6) is 0 Å². The fourth-order valence-electron chi connectivity index (χ4n) is 9.20. The van der Waals surface area contributed by atoms with Crippen molar-refractivity contribution in [1.29, 1.82) is 0 Å². The molecule has 0 amide bonds. The zero-order valence-electron chi connectivity index (χ0n) is 23.8. The van der Waals surface area contributed by atoms with Crippen molar-refractivity contribution in [3.63, 3.8) is 0 Å². The van der Waals surface area contributed by atoms with Crippen molar-refractivity contribution < 1.29 is 18.9 Å². The molecule has 7 atom stereocenters. The van der Waals surface area contributed by atoms with Crippen LogP contribution >= 0.6 is 0 Å². The summed E-state index contributed by atoms with van der Waals surface area (Å²) in [4.78, 5) is 10.9. The number of nitrogen functional groups attached to an aromatic ring is 1. The zero-order valence-corrected chi connectivity index (χ0v) is 23.8. The highest BCUT2D eigenvalue weighted by Gasteiger charge is 2.59. The molecule has 1 aromatic heterocycles. The van der Waals surface area contributed by atoms with E-state index in [1.165, 1.54) is 76.3 Å². The number of halogens is 1. The van der Waals surface area contributed by atoms with E-state index in [1.54, 1.807) is 0 Å². The number of carboxylic acids is 1. The number of benzene rings is 1. The van der Waals surface area contributed by atoms with Crippen molar-refractivity contribution in [3.05, 3.63) is 17.9 Å². The monoisotopic (exact) mass is 529 g/mol. The lowest BCUT2D eigenvalue weighted by molar-refractivity contribution is -0.137. The van der Waals surface area contributed by atoms with Gasteiger partial charge in [-0.1, -0.05) is 40.5 Å². The number of carbonyl (C=O) groups is 1. The van der Waals surface area contributed by atoms with Crippen molar-refractivity contribution in [1.82, 2.24) is 10.3 Å². The highest BCUT2D eigenvalue weighted by atomic mass is 19.1. The molecule has 0 bridgehead atoms. The Morgan fingerprint density at radius 1 is 1.00 bits per heavy atom. The summed E-state index contributed by atoms with van der Waals surface area (Å²) in [7, 11) is 0. The van der Waals surface area contributed by atoms with Gasteiger partial charge >= 0.3 is 5.97 Å². The minimum Gasteiger partial charge on any atom is -0.481 e. The van der Waals surface area contributed by atoms with Gasteiger partial charge in [0.2, 0.25) is 0 Å². The predicted molar refractivity (Wildman–Crippen MR) is 149 cm³/mol. The summed E-state index contributed by atoms with van der Waals surface area (Å²) >= 11 is 0. The standard InChI is InChI=1S/C23H38O2.C6H4FN3O.C2H6/c1-22-14-4-3-6-16(22)9-11-18-19-12-10-17(7-5-8-21(24)25)23(19,2)15-13-20(18)22;7-3-1-5-6(2-4(3)8)10-11-9-5;1-2/h16-20H,3-15H2,1-2H3,(H,24,25);1-2H,8H2;1-2H3/t16?,17?,18?,19?,20?,22?,23-;;/m1../s1. The Morgan fingerprint density at radius 2 is 1.71 bits per heavy atom. The first-order valence-electron chi connectivity index (χ1n) is 15.1. The van der Waals surface area contributed by atoms with Gasteiger partial charge in [0, 0.05) is 12.5 Å². The van der Waals surface area contributed by atoms with E-state index < -0.39 is 11.8 Å². The van der Waals surface area contributed by atoms with Crippen molar-refractivity contribution in [2.75, 3.05) is 5.73 Å². The number of rotatable bonds is 4. The Labute approximate surface area is 227 Å². The minimum absolute atomic E-state index is 0.0493. The van der Waals surface area contributed by atoms with E-state index in [4.69, 9.17) is 10.8 Å². The van der Waals surface area contributed by atoms with Crippen LogP contribution < -0.4 is 5.73 Å². The van der Waals surface area contributed by atoms with E-state index in [-0.39, 0.29) is 5.69 Å². The smallest absolute Gasteiger partial charge is 0.303 e. The molecule has 38 heavy (non-hydrogen) atoms. The Bertz CT molecular complexity index is 1050. The molecule has 0 aliphatic heterocycles. The van der Waals surface area contributed by atoms with E-state index in [0.29, 0.717) is 28.3 Å². The fourth-order valence-corrected chi connectivity index (χ4v) is 9.20. The molecular formula is C31H48FN3O3. The molecule has 1 heterocycles. The molecule has 4 fully saturated rings. The second-order valence-electron chi connectivity index (χ2n) is 12.6. The number of aromatic nitrogens is 2. The van der Waals surface area contributed by atoms with Gasteiger partial charge in [0.25, 0.3) is 0 Å². The maximum absolute atomic E-state index is 12.7. The van der Waals surface area contributed by atoms with Crippen LogP contribution in [0.15, 0.2) is 16.8 Å². The fraction of sp³-hybridized carbons (Fsp3) is 0.774. The van der Waals surface area contributed by atoms with Gasteiger partial charge in [-0.2, -0.15) is 0 Å². The molecule has 212 valence electrons. The largest absolute Gasteiger partial charge is 0.481 e. The zero-order chi connectivity index (χ0) is 27.5. The van der Waals surface area contributed by atoms with Crippen LogP contribution in [-0.2, 0) is 4.79 Å². The summed E-state index contributed by atoms with van der Waals surface area (Å²) in [5.41, 5.74) is 7.30. The molecule has 2 aromatic rings. The molecule has 0 saturated heterocycles. The van der Waals surface area contributed by atoms with Crippen LogP contribution in [-0.4, -0.2) is 21.4 Å². The topological polar surface area (TPSA) is 102 Å². The Morgan fingerprint density at radius 3 is 2.45 bits per heavy atom. The highest BCUT2D eigenvalue weighted by molar-refractivity contribution is 5.77. The number of hydrogen-bond acceptors (Lipinski definition) is 5. The molecule has 6 nitrogen and oxygen atoms in total. The van der Waals surface area contributed by atoms with Crippen LogP contribution in [0.4, 0.5) is 10.1 Å². The number of anilines is 1. The van der Waals surface area contributed by atoms with E-state index in [9.17, 15) is 9.18 Å². The normalized spacial score (nSPS) is 35.6. The first-order chi connectivity index (χ1) is 18.2. The lowest BCUT2D eigenvalue weighted by Gasteiger charge is -2.60. The number of nitrogens with zero attached hydrogens (tertiary/aromatic N) is 2. The van der Waals surface area contributed by atoms with Crippen molar-refractivity contribution in [3.8, 4) is 0 Å². The molecule has 0 radical (unpaired) electrons. The van der Waals surface area contributed by atoms with Gasteiger partial charge in [0.05, 0.1) is 5.69 Å². The number of fused-ring (bicyclic) bond motifs is 6. The minimum atomic E-state index is -0.619. The number of hydrogen-bond donors (Lipinski definition) is 2. The molecule has 3 N–H and O–H groups in total. The summed E-state index contributed by atoms with van der Waals surface area (Å²) in [6, 6.07) is 2.56. The van der Waals surface area contributed by atoms with E-state index >= 15 is 0 Å². The molecular weight excluding hydrogens is 481 g/mol. The summed E-state index contributed by atoms with van der Waals surface area (Å²) < 4.78 is 17.0. The number of aliphatic carboxylic acids is 1. The molecule has 4 aliphatic carbocycles. The first-order valence-corrected chi connectivity index (χ1v) is 15.1. The van der Waals surface area contributed by atoms with Crippen LogP contribution in [0.3, 0.4) is 0 Å². The molecule has 1 aromatic carbocycles. The first kappa shape index (κ1) is 28.8. The SMILES string of the molecule is CC.CC12CCCCC1CCC1C2CC[C@]2(C)C(CCCC(=O)O)CCC12.Nc1cc2nonc2cc1F. The van der Waals surface area contributed by atoms with Gasteiger partial charge in [-0.25, -0.2) is 9.02 Å². The van der Waals surface area contributed by atoms with Gasteiger partial charge in [0.1, 0.15) is 16.9 Å². The molecule has 4 aliphatic rings. The second kappa shape index (κ2) is 11.9. The molecule has 7 heteroatoms. The van der Waals surface area contributed by atoms with E-state index in [0.717, 1.165) is 42.4 Å². The Hall–Kier alpha value is -2.18. The molecule has 0 spiro atoms. The predicted octanol–water partition coefficient (Wildman–Crippen LogP) is 8.26. The maximum Gasteiger partial charge on any atom is 0.303 e. The quantitative estimate of drug-likeness (QED) is 0.387. The summed E-state index contributed by atoms with van der Waals surface area (Å²) in [5, 5.41) is 15.9. The molecule has 4 saturated carbocycles. The molecule has 6 rings (SSSR count). The average molecular weight is 530 g/mol. The van der Waals surface area contributed by atoms with Gasteiger partial charge in [0.15, 0.2) is 0 Å². The van der Waals surface area contributed by atoms with Crippen LogP contribution in [0, 0.1) is 46.2 Å². The summed E-state index contributed by atoms with van der Waals surface area (Å²) in [6.07, 6.45) is 17.0. The Kier molecular flexibility index (Phi) is 9.03. The number of nitrogens with two attached hydrogens (primary N) is 1. The second-order valence-corrected chi connectivity index (χ2v) is 12.6. The third kappa shape index (κ3) is 5.44. The van der Waals surface area contributed by atoms with Gasteiger partial charge in [-0.3, -0.25) is 4.79 Å². The van der Waals surface area contributed by atoms with Crippen molar-refractivity contribution in [2.24, 2.45) is 40.4 Å². The van der Waals surface area contributed by atoms with Gasteiger partial charge in [-0.05, 0) is 121 Å². The molecule has 6 unspecified atom stereocenters. The van der Waals surface area contributed by atoms with Crippen molar-refractivity contribution >= 4 is 22.7 Å². The van der Waals surface area contributed by atoms with Crippen molar-refractivity contribution in [2.45, 2.75) is 111 Å².